The van der Waals surface area contributed by atoms with E-state index in [0.717, 1.165) is 6.07 Å². The Morgan fingerprint density at radius 2 is 2.10 bits per heavy atom. The highest BCUT2D eigenvalue weighted by Crippen LogP contribution is 2.30. The largest absolute Gasteiger partial charge is 0.573 e. The van der Waals surface area contributed by atoms with Gasteiger partial charge in [-0.25, -0.2) is 4.98 Å². The van der Waals surface area contributed by atoms with Crippen molar-refractivity contribution in [1.82, 2.24) is 4.98 Å². The van der Waals surface area contributed by atoms with E-state index in [2.05, 4.69) is 15.0 Å². The zero-order valence-corrected chi connectivity index (χ0v) is 11.3. The maximum Gasteiger partial charge on any atom is 0.573 e. The molecule has 2 aromatic rings. The second kappa shape index (κ2) is 6.00. The minimum atomic E-state index is -4.83. The van der Waals surface area contributed by atoms with Gasteiger partial charge in [0.25, 0.3) is 0 Å². The van der Waals surface area contributed by atoms with Gasteiger partial charge < -0.3 is 15.8 Å². The number of hydrogen-bond donors (Lipinski definition) is 2. The number of nitrogen functional groups attached to an aromatic ring is 1. The summed E-state index contributed by atoms with van der Waals surface area (Å²) in [6.07, 6.45) is -4.92. The van der Waals surface area contributed by atoms with Crippen LogP contribution < -0.4 is 15.8 Å². The lowest BCUT2D eigenvalue weighted by molar-refractivity contribution is -0.274. The molecule has 21 heavy (non-hydrogen) atoms. The number of halogens is 3. The number of anilines is 2. The zero-order chi connectivity index (χ0) is 15.5. The quantitative estimate of drug-likeness (QED) is 0.909. The molecule has 0 saturated carbocycles. The highest BCUT2D eigenvalue weighted by Gasteiger charge is 2.32. The van der Waals surface area contributed by atoms with Gasteiger partial charge in [-0.1, -0.05) is 12.1 Å². The van der Waals surface area contributed by atoms with E-state index in [9.17, 15) is 18.0 Å². The van der Waals surface area contributed by atoms with Crippen LogP contribution in [0.15, 0.2) is 29.6 Å². The van der Waals surface area contributed by atoms with Gasteiger partial charge in [-0.15, -0.1) is 24.5 Å². The minimum Gasteiger partial charge on any atom is -0.404 e. The number of rotatable bonds is 4. The molecule has 1 heterocycles. The molecule has 0 aliphatic rings. The standard InChI is InChI=1S/C12H10F3N3O2S/c13-12(14,15)20-9-4-2-1-3-8(9)18-10(19)5-7-6-21-11(16)17-7/h1-4,6H,5H2,(H2,16,17)(H,18,19). The van der Waals surface area contributed by atoms with Crippen LogP contribution in [0.5, 0.6) is 5.75 Å². The van der Waals surface area contributed by atoms with Crippen molar-refractivity contribution in [3.8, 4) is 5.75 Å². The molecule has 0 fully saturated rings. The fourth-order valence-corrected chi connectivity index (χ4v) is 2.11. The first-order valence-corrected chi connectivity index (χ1v) is 6.56. The fraction of sp³-hybridized carbons (Fsp3) is 0.167. The van der Waals surface area contributed by atoms with Crippen LogP contribution in [-0.2, 0) is 11.2 Å². The van der Waals surface area contributed by atoms with Crippen LogP contribution in [0.25, 0.3) is 0 Å². The molecule has 0 saturated heterocycles. The predicted molar refractivity (Wildman–Crippen MR) is 72.0 cm³/mol. The van der Waals surface area contributed by atoms with Crippen LogP contribution in [0, 0.1) is 0 Å². The second-order valence-electron chi connectivity index (χ2n) is 3.95. The fourth-order valence-electron chi connectivity index (χ4n) is 1.55. The highest BCUT2D eigenvalue weighted by atomic mass is 32.1. The van der Waals surface area contributed by atoms with Crippen molar-refractivity contribution in [2.75, 3.05) is 11.1 Å². The number of nitrogens with one attached hydrogen (secondary N) is 1. The van der Waals surface area contributed by atoms with Crippen LogP contribution in [0.3, 0.4) is 0 Å². The molecular weight excluding hydrogens is 307 g/mol. The number of hydrogen-bond acceptors (Lipinski definition) is 5. The van der Waals surface area contributed by atoms with Crippen molar-refractivity contribution in [1.29, 1.82) is 0 Å². The number of ether oxygens (including phenoxy) is 1. The molecule has 0 atom stereocenters. The minimum absolute atomic E-state index is 0.0666. The van der Waals surface area contributed by atoms with Crippen LogP contribution in [0.2, 0.25) is 0 Å². The lowest BCUT2D eigenvalue weighted by Gasteiger charge is -2.13. The Bertz CT molecular complexity index is 643. The molecule has 2 rings (SSSR count). The number of alkyl halides is 3. The topological polar surface area (TPSA) is 77.2 Å². The van der Waals surface area contributed by atoms with Crippen LogP contribution in [0.4, 0.5) is 24.0 Å². The predicted octanol–water partition coefficient (Wildman–Crippen LogP) is 2.81. The van der Waals surface area contributed by atoms with Crippen LogP contribution in [0.1, 0.15) is 5.69 Å². The summed E-state index contributed by atoms with van der Waals surface area (Å²) in [6.45, 7) is 0. The number of benzene rings is 1. The van der Waals surface area contributed by atoms with Crippen LogP contribution >= 0.6 is 11.3 Å². The van der Waals surface area contributed by atoms with Gasteiger partial charge in [0.05, 0.1) is 17.8 Å². The van der Waals surface area contributed by atoms with Crippen LogP contribution in [-0.4, -0.2) is 17.3 Å². The number of carbonyl (C=O) groups excluding carboxylic acids is 1. The molecule has 3 N–H and O–H groups in total. The van der Waals surface area contributed by atoms with Gasteiger partial charge in [0.2, 0.25) is 5.91 Å². The summed E-state index contributed by atoms with van der Waals surface area (Å²) in [6, 6.07) is 5.29. The summed E-state index contributed by atoms with van der Waals surface area (Å²) in [5, 5.41) is 4.27. The summed E-state index contributed by atoms with van der Waals surface area (Å²) in [4.78, 5) is 15.7. The Balaban J connectivity index is 2.07. The maximum absolute atomic E-state index is 12.3. The molecule has 0 aliphatic carbocycles. The number of para-hydroxylation sites is 2. The van der Waals surface area contributed by atoms with Gasteiger partial charge in [-0.3, -0.25) is 4.79 Å². The van der Waals surface area contributed by atoms with Gasteiger partial charge in [-0.2, -0.15) is 0 Å². The molecule has 1 aromatic carbocycles. The van der Waals surface area contributed by atoms with Crippen molar-refractivity contribution in [3.05, 3.63) is 35.3 Å². The van der Waals surface area contributed by atoms with E-state index in [4.69, 9.17) is 5.73 Å². The monoisotopic (exact) mass is 317 g/mol. The summed E-state index contributed by atoms with van der Waals surface area (Å²) < 4.78 is 40.6. The molecule has 0 unspecified atom stereocenters. The molecule has 1 aromatic heterocycles. The number of nitrogens with two attached hydrogens (primary N) is 1. The Kier molecular flexibility index (Phi) is 4.32. The summed E-state index contributed by atoms with van der Waals surface area (Å²) in [5.41, 5.74) is 5.81. The molecule has 112 valence electrons. The molecule has 0 spiro atoms. The van der Waals surface area contributed by atoms with Crippen molar-refractivity contribution in [3.63, 3.8) is 0 Å². The summed E-state index contributed by atoms with van der Waals surface area (Å²) in [5.74, 6) is -0.991. The van der Waals surface area contributed by atoms with Crippen molar-refractivity contribution in [2.45, 2.75) is 12.8 Å². The third-order valence-corrected chi connectivity index (χ3v) is 3.02. The van der Waals surface area contributed by atoms with E-state index in [1.807, 2.05) is 0 Å². The number of carbonyl (C=O) groups is 1. The van der Waals surface area contributed by atoms with E-state index < -0.39 is 18.0 Å². The molecule has 0 aliphatic heterocycles. The first-order chi connectivity index (χ1) is 9.83. The number of thiazole rings is 1. The molecule has 9 heteroatoms. The normalized spacial score (nSPS) is 11.2. The lowest BCUT2D eigenvalue weighted by Crippen LogP contribution is -2.20. The van der Waals surface area contributed by atoms with Crippen molar-refractivity contribution in [2.24, 2.45) is 0 Å². The first-order valence-electron chi connectivity index (χ1n) is 5.68. The highest BCUT2D eigenvalue weighted by molar-refractivity contribution is 7.13. The molecule has 1 amide bonds. The average molecular weight is 317 g/mol. The Hall–Kier alpha value is -2.29. The smallest absolute Gasteiger partial charge is 0.404 e. The third kappa shape index (κ3) is 4.63. The zero-order valence-electron chi connectivity index (χ0n) is 10.5. The number of nitrogens with zero attached hydrogens (tertiary/aromatic N) is 1. The van der Waals surface area contributed by atoms with Gasteiger partial charge in [-0.05, 0) is 12.1 Å². The Morgan fingerprint density at radius 1 is 1.38 bits per heavy atom. The van der Waals surface area contributed by atoms with Crippen molar-refractivity contribution >= 4 is 28.1 Å². The third-order valence-electron chi connectivity index (χ3n) is 2.30. The van der Waals surface area contributed by atoms with Gasteiger partial charge in [0, 0.05) is 5.38 Å². The van der Waals surface area contributed by atoms with Gasteiger partial charge >= 0.3 is 6.36 Å². The summed E-state index contributed by atoms with van der Waals surface area (Å²) >= 11 is 1.18. The maximum atomic E-state index is 12.3. The van der Waals surface area contributed by atoms with Crippen molar-refractivity contribution < 1.29 is 22.7 Å². The van der Waals surface area contributed by atoms with Gasteiger partial charge in [0.1, 0.15) is 0 Å². The first kappa shape index (κ1) is 15.1. The summed E-state index contributed by atoms with van der Waals surface area (Å²) in [7, 11) is 0. The van der Waals surface area contributed by atoms with E-state index >= 15 is 0 Å². The Labute approximate surface area is 121 Å². The second-order valence-corrected chi connectivity index (χ2v) is 4.84. The number of amides is 1. The lowest BCUT2D eigenvalue weighted by atomic mass is 10.2. The Morgan fingerprint density at radius 3 is 2.71 bits per heavy atom. The van der Waals surface area contributed by atoms with E-state index in [0.29, 0.717) is 10.8 Å². The molecule has 5 nitrogen and oxygen atoms in total. The van der Waals surface area contributed by atoms with E-state index in [1.54, 1.807) is 5.38 Å². The molecule has 0 bridgehead atoms. The SMILES string of the molecule is Nc1nc(CC(=O)Nc2ccccc2OC(F)(F)F)cs1. The molecule has 0 radical (unpaired) electrons. The van der Waals surface area contributed by atoms with E-state index in [-0.39, 0.29) is 12.1 Å². The van der Waals surface area contributed by atoms with Gasteiger partial charge in [0.15, 0.2) is 10.9 Å². The average Bonchev–Trinajstić information content (AvgIpc) is 2.75. The molecular formula is C12H10F3N3O2S. The van der Waals surface area contributed by atoms with E-state index in [1.165, 1.54) is 29.5 Å². The number of aromatic nitrogens is 1.